The molecule has 228 valence electrons. The van der Waals surface area contributed by atoms with Gasteiger partial charge in [0.1, 0.15) is 12.1 Å². The predicted octanol–water partition coefficient (Wildman–Crippen LogP) is 11.3. The summed E-state index contributed by atoms with van der Waals surface area (Å²) in [5.74, 6) is 1.26. The second kappa shape index (κ2) is 27.0. The minimum Gasteiger partial charge on any atom is -0.387 e. The third-order valence-electron chi connectivity index (χ3n) is 8.48. The summed E-state index contributed by atoms with van der Waals surface area (Å²) in [4.78, 5) is 19.1. The number of carbonyl (C=O) groups is 1. The molecule has 1 aromatic rings. The zero-order valence-electron chi connectivity index (χ0n) is 26.2. The van der Waals surface area contributed by atoms with Gasteiger partial charge in [-0.15, -0.1) is 0 Å². The first-order chi connectivity index (χ1) is 19.2. The van der Waals surface area contributed by atoms with Crippen molar-refractivity contribution in [3.8, 4) is 0 Å². The molecule has 2 N–H and O–H groups in total. The number of aliphatic hydroxyl groups excluding tert-OH is 1. The summed E-state index contributed by atoms with van der Waals surface area (Å²) in [6.45, 7) is 4.55. The molecule has 0 saturated carbocycles. The molecule has 0 bridgehead atoms. The summed E-state index contributed by atoms with van der Waals surface area (Å²) in [6, 6.07) is 0. The lowest BCUT2D eigenvalue weighted by Gasteiger charge is -2.14. The number of aldehydes is 1. The van der Waals surface area contributed by atoms with Crippen molar-refractivity contribution in [2.24, 2.45) is 0 Å². The molecule has 0 amide bonds. The zero-order chi connectivity index (χ0) is 28.2. The Morgan fingerprint density at radius 3 is 1.49 bits per heavy atom. The molecule has 2 unspecified atom stereocenters. The van der Waals surface area contributed by atoms with Gasteiger partial charge in [0.2, 0.25) is 0 Å². The van der Waals surface area contributed by atoms with Crippen LogP contribution < -0.4 is 0 Å². The number of unbranched alkanes of at least 4 members (excludes halogenated alkanes) is 21. The average Bonchev–Trinajstić information content (AvgIpc) is 3.44. The van der Waals surface area contributed by atoms with E-state index in [4.69, 9.17) is 0 Å². The van der Waals surface area contributed by atoms with E-state index in [0.717, 1.165) is 43.5 Å². The monoisotopic (exact) mass is 547 g/mol. The molecular formula is C35H66N2O2. The first kappa shape index (κ1) is 35.9. The Labute approximate surface area is 242 Å². The summed E-state index contributed by atoms with van der Waals surface area (Å²) in [6.07, 6.45) is 36.5. The second-order valence-electron chi connectivity index (χ2n) is 12.2. The number of nitrogens with zero attached hydrogens (tertiary/aromatic N) is 1. The van der Waals surface area contributed by atoms with Crippen molar-refractivity contribution in [2.75, 3.05) is 0 Å². The molecule has 0 aliphatic rings. The van der Waals surface area contributed by atoms with Crippen LogP contribution in [-0.2, 0) is 4.79 Å². The summed E-state index contributed by atoms with van der Waals surface area (Å²) in [7, 11) is 0. The van der Waals surface area contributed by atoms with Gasteiger partial charge in [-0.3, -0.25) is 0 Å². The van der Waals surface area contributed by atoms with Crippen molar-refractivity contribution in [3.05, 3.63) is 17.7 Å². The standard InChI is InChI=1S/C35H66N2O2/c1-3-5-7-9-11-13-15-16-17-19-21-23-25-29-34(39)33-31-36-35(37-33)32(28-26-30-38)27-24-22-20-18-14-12-10-8-6-4-2/h30-32,34,39H,3-29H2,1-2H3,(H,36,37). The topological polar surface area (TPSA) is 66.0 Å². The number of aromatic amines is 1. The SMILES string of the molecule is CCCCCCCCCCCCCCCC(O)c1cnc(C(CCC=O)CCCCCCCCCCCC)[nH]1. The average molecular weight is 547 g/mol. The van der Waals surface area contributed by atoms with E-state index in [0.29, 0.717) is 12.3 Å². The van der Waals surface area contributed by atoms with Crippen LogP contribution in [0.25, 0.3) is 0 Å². The predicted molar refractivity (Wildman–Crippen MR) is 168 cm³/mol. The normalized spacial score (nSPS) is 13.1. The first-order valence-electron chi connectivity index (χ1n) is 17.4. The molecular weight excluding hydrogens is 480 g/mol. The van der Waals surface area contributed by atoms with E-state index < -0.39 is 6.10 Å². The van der Waals surface area contributed by atoms with Crippen LogP contribution >= 0.6 is 0 Å². The number of H-pyrrole nitrogens is 1. The fourth-order valence-electron chi connectivity index (χ4n) is 5.80. The lowest BCUT2D eigenvalue weighted by atomic mass is 9.95. The Morgan fingerprint density at radius 2 is 1.05 bits per heavy atom. The number of aromatic nitrogens is 2. The molecule has 1 rings (SSSR count). The molecule has 1 heterocycles. The van der Waals surface area contributed by atoms with Crippen LogP contribution in [-0.4, -0.2) is 21.4 Å². The van der Waals surface area contributed by atoms with E-state index in [1.165, 1.54) is 141 Å². The Morgan fingerprint density at radius 1 is 0.641 bits per heavy atom. The summed E-state index contributed by atoms with van der Waals surface area (Å²) in [5.41, 5.74) is 0.850. The van der Waals surface area contributed by atoms with Crippen LogP contribution in [0.3, 0.4) is 0 Å². The van der Waals surface area contributed by atoms with Gasteiger partial charge in [0.15, 0.2) is 0 Å². The van der Waals surface area contributed by atoms with Gasteiger partial charge in [0.25, 0.3) is 0 Å². The lowest BCUT2D eigenvalue weighted by molar-refractivity contribution is -0.108. The summed E-state index contributed by atoms with van der Waals surface area (Å²) >= 11 is 0. The fraction of sp³-hybridized carbons (Fsp3) is 0.886. The van der Waals surface area contributed by atoms with Gasteiger partial charge in [-0.25, -0.2) is 4.98 Å². The summed E-state index contributed by atoms with van der Waals surface area (Å²) < 4.78 is 0. The van der Waals surface area contributed by atoms with Crippen molar-refractivity contribution >= 4 is 6.29 Å². The van der Waals surface area contributed by atoms with Crippen molar-refractivity contribution in [1.29, 1.82) is 0 Å². The molecule has 0 aliphatic carbocycles. The molecule has 1 aromatic heterocycles. The molecule has 0 aromatic carbocycles. The van der Waals surface area contributed by atoms with E-state index in [-0.39, 0.29) is 0 Å². The first-order valence-corrected chi connectivity index (χ1v) is 17.4. The van der Waals surface area contributed by atoms with Gasteiger partial charge in [0, 0.05) is 12.3 Å². The Kier molecular flexibility index (Phi) is 24.9. The van der Waals surface area contributed by atoms with Crippen LogP contribution in [0.5, 0.6) is 0 Å². The maximum Gasteiger partial charge on any atom is 0.120 e. The smallest absolute Gasteiger partial charge is 0.120 e. The minimum atomic E-state index is -0.456. The number of carbonyl (C=O) groups excluding carboxylic acids is 1. The molecule has 0 spiro atoms. The molecule has 4 nitrogen and oxygen atoms in total. The van der Waals surface area contributed by atoms with Crippen LogP contribution in [0.1, 0.15) is 211 Å². The molecule has 2 atom stereocenters. The molecule has 0 aliphatic heterocycles. The van der Waals surface area contributed by atoms with Gasteiger partial charge in [-0.05, 0) is 19.3 Å². The van der Waals surface area contributed by atoms with E-state index >= 15 is 0 Å². The van der Waals surface area contributed by atoms with Crippen LogP contribution in [0.4, 0.5) is 0 Å². The zero-order valence-corrected chi connectivity index (χ0v) is 26.2. The number of nitrogens with one attached hydrogen (secondary N) is 1. The third kappa shape index (κ3) is 20.4. The van der Waals surface area contributed by atoms with Crippen LogP contribution in [0.2, 0.25) is 0 Å². The number of hydrogen-bond donors (Lipinski definition) is 2. The maximum absolute atomic E-state index is 11.0. The van der Waals surface area contributed by atoms with E-state index in [9.17, 15) is 9.90 Å². The summed E-state index contributed by atoms with van der Waals surface area (Å²) in [5, 5.41) is 10.7. The number of rotatable bonds is 30. The molecule has 0 fully saturated rings. The number of imidazole rings is 1. The van der Waals surface area contributed by atoms with E-state index in [2.05, 4.69) is 23.8 Å². The van der Waals surface area contributed by atoms with Crippen molar-refractivity contribution in [3.63, 3.8) is 0 Å². The molecule has 39 heavy (non-hydrogen) atoms. The Hall–Kier alpha value is -1.16. The quantitative estimate of drug-likeness (QED) is 0.0744. The fourth-order valence-corrected chi connectivity index (χ4v) is 5.80. The van der Waals surface area contributed by atoms with Crippen molar-refractivity contribution in [2.45, 2.75) is 199 Å². The second-order valence-corrected chi connectivity index (χ2v) is 12.2. The highest BCUT2D eigenvalue weighted by Crippen LogP contribution is 2.27. The van der Waals surface area contributed by atoms with Gasteiger partial charge >= 0.3 is 0 Å². The number of aliphatic hydroxyl groups is 1. The van der Waals surface area contributed by atoms with Crippen molar-refractivity contribution < 1.29 is 9.90 Å². The van der Waals surface area contributed by atoms with Gasteiger partial charge in [0.05, 0.1) is 18.0 Å². The highest BCUT2D eigenvalue weighted by atomic mass is 16.3. The third-order valence-corrected chi connectivity index (χ3v) is 8.48. The van der Waals surface area contributed by atoms with Crippen LogP contribution in [0.15, 0.2) is 6.20 Å². The Bertz CT molecular complexity index is 644. The Balaban J connectivity index is 2.16. The van der Waals surface area contributed by atoms with Gasteiger partial charge < -0.3 is 14.9 Å². The van der Waals surface area contributed by atoms with Crippen LogP contribution in [0, 0.1) is 0 Å². The largest absolute Gasteiger partial charge is 0.387 e. The lowest BCUT2D eigenvalue weighted by Crippen LogP contribution is -2.04. The highest BCUT2D eigenvalue weighted by Gasteiger charge is 2.17. The number of hydrogen-bond acceptors (Lipinski definition) is 3. The van der Waals surface area contributed by atoms with E-state index in [1.807, 2.05) is 6.20 Å². The molecule has 0 saturated heterocycles. The van der Waals surface area contributed by atoms with E-state index in [1.54, 1.807) is 0 Å². The maximum atomic E-state index is 11.0. The minimum absolute atomic E-state index is 0.293. The van der Waals surface area contributed by atoms with Crippen molar-refractivity contribution in [1.82, 2.24) is 9.97 Å². The molecule has 4 heteroatoms. The van der Waals surface area contributed by atoms with Gasteiger partial charge in [-0.2, -0.15) is 0 Å². The molecule has 0 radical (unpaired) electrons. The highest BCUT2D eigenvalue weighted by molar-refractivity contribution is 5.49. The van der Waals surface area contributed by atoms with Gasteiger partial charge in [-0.1, -0.05) is 162 Å².